The first-order valence-electron chi connectivity index (χ1n) is 9.35. The Morgan fingerprint density at radius 1 is 1.10 bits per heavy atom. The molecule has 3 rings (SSSR count). The molecular formula is C23H22N4O2. The van der Waals surface area contributed by atoms with Crippen LogP contribution in [0.2, 0.25) is 0 Å². The Balaban J connectivity index is 1.65. The molecule has 146 valence electrons. The third-order valence-corrected chi connectivity index (χ3v) is 4.61. The van der Waals surface area contributed by atoms with E-state index in [2.05, 4.69) is 16.0 Å². The molecule has 2 aromatic heterocycles. The van der Waals surface area contributed by atoms with Gasteiger partial charge in [-0.2, -0.15) is 5.26 Å². The largest absolute Gasteiger partial charge is 0.456 e. The van der Waals surface area contributed by atoms with Crippen molar-refractivity contribution >= 4 is 5.91 Å². The molecule has 0 aliphatic carbocycles. The summed E-state index contributed by atoms with van der Waals surface area (Å²) in [5.74, 6) is 1.42. The molecule has 29 heavy (non-hydrogen) atoms. The fourth-order valence-electron chi connectivity index (χ4n) is 2.91. The maximum Gasteiger partial charge on any atom is 0.219 e. The Kier molecular flexibility index (Phi) is 6.54. The highest BCUT2D eigenvalue weighted by Crippen LogP contribution is 2.27. The number of benzene rings is 1. The van der Waals surface area contributed by atoms with Crippen molar-refractivity contribution in [2.24, 2.45) is 0 Å². The number of nitriles is 1. The molecule has 6 heteroatoms. The molecule has 0 saturated heterocycles. The van der Waals surface area contributed by atoms with E-state index in [9.17, 15) is 10.1 Å². The Labute approximate surface area is 170 Å². The van der Waals surface area contributed by atoms with Gasteiger partial charge in [0.25, 0.3) is 0 Å². The molecular weight excluding hydrogens is 364 g/mol. The van der Waals surface area contributed by atoms with Gasteiger partial charge < -0.3 is 9.64 Å². The number of pyridine rings is 2. The van der Waals surface area contributed by atoms with Gasteiger partial charge in [-0.05, 0) is 48.2 Å². The van der Waals surface area contributed by atoms with Crippen molar-refractivity contribution in [2.75, 3.05) is 13.6 Å². The standard InChI is InChI=1S/C23H22N4O2/c1-17(28)27(2)11-3-4-18-12-22(16-26-14-18)29-21-7-5-19(6-8-21)23-9-10-25-15-20(23)13-24/h5-10,12,14-16H,3-4,11H2,1-2H3. The third kappa shape index (κ3) is 5.39. The molecule has 0 bridgehead atoms. The molecule has 0 aliphatic heterocycles. The maximum atomic E-state index is 11.3. The van der Waals surface area contributed by atoms with Crippen LogP contribution in [0.3, 0.4) is 0 Å². The summed E-state index contributed by atoms with van der Waals surface area (Å²) in [6, 6.07) is 13.5. The Hall–Kier alpha value is -3.72. The minimum absolute atomic E-state index is 0.0670. The molecule has 0 spiro atoms. The van der Waals surface area contributed by atoms with E-state index in [1.807, 2.05) is 42.6 Å². The molecule has 0 atom stereocenters. The van der Waals surface area contributed by atoms with E-state index in [1.165, 1.54) is 0 Å². The molecule has 0 aliphatic rings. The van der Waals surface area contributed by atoms with Crippen molar-refractivity contribution in [1.82, 2.24) is 14.9 Å². The van der Waals surface area contributed by atoms with E-state index in [0.717, 1.165) is 29.5 Å². The fraction of sp³-hybridized carbons (Fsp3) is 0.217. The van der Waals surface area contributed by atoms with Crippen LogP contribution in [0.25, 0.3) is 11.1 Å². The van der Waals surface area contributed by atoms with Gasteiger partial charge in [-0.3, -0.25) is 14.8 Å². The summed E-state index contributed by atoms with van der Waals surface area (Å²) in [5.41, 5.74) is 3.37. The Morgan fingerprint density at radius 2 is 1.90 bits per heavy atom. The van der Waals surface area contributed by atoms with Crippen molar-refractivity contribution in [2.45, 2.75) is 19.8 Å². The van der Waals surface area contributed by atoms with E-state index < -0.39 is 0 Å². The van der Waals surface area contributed by atoms with Crippen LogP contribution in [0.5, 0.6) is 11.5 Å². The second kappa shape index (κ2) is 9.47. The van der Waals surface area contributed by atoms with Crippen LogP contribution in [0.1, 0.15) is 24.5 Å². The van der Waals surface area contributed by atoms with Crippen molar-refractivity contribution < 1.29 is 9.53 Å². The van der Waals surface area contributed by atoms with Crippen LogP contribution in [0.15, 0.2) is 61.2 Å². The second-order valence-electron chi connectivity index (χ2n) is 6.73. The van der Waals surface area contributed by atoms with Crippen LogP contribution in [0, 0.1) is 11.3 Å². The van der Waals surface area contributed by atoms with Gasteiger partial charge >= 0.3 is 0 Å². The van der Waals surface area contributed by atoms with E-state index in [1.54, 1.807) is 37.5 Å². The normalized spacial score (nSPS) is 10.2. The number of rotatable bonds is 7. The molecule has 0 radical (unpaired) electrons. The molecule has 1 aromatic carbocycles. The minimum Gasteiger partial charge on any atom is -0.456 e. The lowest BCUT2D eigenvalue weighted by molar-refractivity contribution is -0.127. The zero-order valence-corrected chi connectivity index (χ0v) is 16.5. The summed E-state index contributed by atoms with van der Waals surface area (Å²) >= 11 is 0. The number of carbonyl (C=O) groups is 1. The van der Waals surface area contributed by atoms with Crippen molar-refractivity contribution in [3.63, 3.8) is 0 Å². The molecule has 0 saturated carbocycles. The molecule has 0 N–H and O–H groups in total. The van der Waals surface area contributed by atoms with Gasteiger partial charge in [-0.25, -0.2) is 0 Å². The van der Waals surface area contributed by atoms with E-state index >= 15 is 0 Å². The smallest absolute Gasteiger partial charge is 0.219 e. The molecule has 1 amide bonds. The quantitative estimate of drug-likeness (QED) is 0.607. The van der Waals surface area contributed by atoms with Gasteiger partial charge in [0, 0.05) is 44.7 Å². The number of carbonyl (C=O) groups excluding carboxylic acids is 1. The first kappa shape index (κ1) is 20.0. The highest BCUT2D eigenvalue weighted by atomic mass is 16.5. The number of ether oxygens (including phenoxy) is 1. The highest BCUT2D eigenvalue weighted by Gasteiger charge is 2.06. The van der Waals surface area contributed by atoms with E-state index in [0.29, 0.717) is 23.6 Å². The lowest BCUT2D eigenvalue weighted by Gasteiger charge is -2.14. The zero-order chi connectivity index (χ0) is 20.6. The SMILES string of the molecule is CC(=O)N(C)CCCc1cncc(Oc2ccc(-c3ccncc3C#N)cc2)c1. The monoisotopic (exact) mass is 386 g/mol. The van der Waals surface area contributed by atoms with Crippen LogP contribution < -0.4 is 4.74 Å². The lowest BCUT2D eigenvalue weighted by atomic mass is 10.0. The number of hydrogen-bond acceptors (Lipinski definition) is 5. The summed E-state index contributed by atoms with van der Waals surface area (Å²) in [7, 11) is 1.80. The third-order valence-electron chi connectivity index (χ3n) is 4.61. The first-order valence-corrected chi connectivity index (χ1v) is 9.35. The zero-order valence-electron chi connectivity index (χ0n) is 16.5. The summed E-state index contributed by atoms with van der Waals surface area (Å²) in [6.45, 7) is 2.28. The first-order chi connectivity index (χ1) is 14.1. The number of nitrogens with zero attached hydrogens (tertiary/aromatic N) is 4. The number of amides is 1. The average Bonchev–Trinajstić information content (AvgIpc) is 2.74. The van der Waals surface area contributed by atoms with Gasteiger partial charge in [0.05, 0.1) is 11.8 Å². The van der Waals surface area contributed by atoms with Crippen LogP contribution >= 0.6 is 0 Å². The summed E-state index contributed by atoms with van der Waals surface area (Å²) in [5, 5.41) is 9.23. The summed E-state index contributed by atoms with van der Waals surface area (Å²) in [6.07, 6.45) is 8.41. The van der Waals surface area contributed by atoms with Crippen LogP contribution in [-0.4, -0.2) is 34.4 Å². The van der Waals surface area contributed by atoms with E-state index in [4.69, 9.17) is 4.74 Å². The minimum atomic E-state index is 0.0670. The van der Waals surface area contributed by atoms with Gasteiger partial charge in [0.15, 0.2) is 0 Å². The lowest BCUT2D eigenvalue weighted by Crippen LogP contribution is -2.25. The highest BCUT2D eigenvalue weighted by molar-refractivity contribution is 5.72. The molecule has 3 aromatic rings. The molecule has 6 nitrogen and oxygen atoms in total. The van der Waals surface area contributed by atoms with Crippen LogP contribution in [-0.2, 0) is 11.2 Å². The van der Waals surface area contributed by atoms with Gasteiger partial charge in [0.1, 0.15) is 17.6 Å². The molecule has 0 fully saturated rings. The Bertz CT molecular complexity index is 1030. The average molecular weight is 386 g/mol. The van der Waals surface area contributed by atoms with Crippen molar-refractivity contribution in [1.29, 1.82) is 5.26 Å². The van der Waals surface area contributed by atoms with Gasteiger partial charge in [-0.1, -0.05) is 12.1 Å². The van der Waals surface area contributed by atoms with Crippen molar-refractivity contribution in [3.8, 4) is 28.7 Å². The number of hydrogen-bond donors (Lipinski definition) is 0. The predicted molar refractivity (Wildman–Crippen MR) is 110 cm³/mol. The van der Waals surface area contributed by atoms with Gasteiger partial charge in [0.2, 0.25) is 5.91 Å². The van der Waals surface area contributed by atoms with E-state index in [-0.39, 0.29) is 5.91 Å². The topological polar surface area (TPSA) is 79.1 Å². The number of aryl methyl sites for hydroxylation is 1. The maximum absolute atomic E-state index is 11.3. The van der Waals surface area contributed by atoms with Gasteiger partial charge in [-0.15, -0.1) is 0 Å². The van der Waals surface area contributed by atoms with Crippen LogP contribution in [0.4, 0.5) is 0 Å². The van der Waals surface area contributed by atoms with Crippen molar-refractivity contribution in [3.05, 3.63) is 72.3 Å². The summed E-state index contributed by atoms with van der Waals surface area (Å²) < 4.78 is 5.93. The number of aromatic nitrogens is 2. The predicted octanol–water partition coefficient (Wildman–Crippen LogP) is 4.22. The fourth-order valence-corrected chi connectivity index (χ4v) is 2.91. The molecule has 2 heterocycles. The Morgan fingerprint density at radius 3 is 2.62 bits per heavy atom. The second-order valence-corrected chi connectivity index (χ2v) is 6.73. The molecule has 0 unspecified atom stereocenters. The summed E-state index contributed by atoms with van der Waals surface area (Å²) in [4.78, 5) is 21.2.